The van der Waals surface area contributed by atoms with Crippen molar-refractivity contribution in [1.29, 1.82) is 0 Å². The second kappa shape index (κ2) is 7.49. The number of hydrogen-bond donors (Lipinski definition) is 1. The van der Waals surface area contributed by atoms with Gasteiger partial charge < -0.3 is 4.42 Å². The van der Waals surface area contributed by atoms with Crippen molar-refractivity contribution < 1.29 is 4.42 Å². The second-order valence-corrected chi connectivity index (χ2v) is 5.71. The van der Waals surface area contributed by atoms with Crippen LogP contribution in [-0.2, 0) is 0 Å². The monoisotopic (exact) mass is 339 g/mol. The van der Waals surface area contributed by atoms with Crippen LogP contribution in [0.15, 0.2) is 101 Å². The molecule has 26 heavy (non-hydrogen) atoms. The Bertz CT molecular complexity index is 937. The SMILES string of the molecule is C(=N\Nc1nc(-c2ccccc2)c(-c2ccccc2)o1)/c1ccccc1. The molecule has 1 N–H and O–H groups in total. The van der Waals surface area contributed by atoms with Crippen molar-refractivity contribution in [3.8, 4) is 22.6 Å². The maximum Gasteiger partial charge on any atom is 0.316 e. The van der Waals surface area contributed by atoms with E-state index in [1.807, 2.05) is 91.0 Å². The molecule has 4 rings (SSSR count). The van der Waals surface area contributed by atoms with E-state index < -0.39 is 0 Å². The molecule has 4 aromatic rings. The number of nitrogens with zero attached hydrogens (tertiary/aromatic N) is 2. The van der Waals surface area contributed by atoms with Crippen molar-refractivity contribution in [3.63, 3.8) is 0 Å². The fraction of sp³-hybridized carbons (Fsp3) is 0. The van der Waals surface area contributed by atoms with Crippen LogP contribution in [0.2, 0.25) is 0 Å². The molecule has 4 heteroatoms. The molecule has 1 aromatic heterocycles. The predicted octanol–water partition coefficient (Wildman–Crippen LogP) is 5.45. The van der Waals surface area contributed by atoms with Gasteiger partial charge in [0.05, 0.1) is 6.21 Å². The summed E-state index contributed by atoms with van der Waals surface area (Å²) in [7, 11) is 0. The van der Waals surface area contributed by atoms with Gasteiger partial charge in [0, 0.05) is 11.1 Å². The summed E-state index contributed by atoms with van der Waals surface area (Å²) in [6, 6.07) is 30.1. The van der Waals surface area contributed by atoms with Crippen LogP contribution in [0.25, 0.3) is 22.6 Å². The Morgan fingerprint density at radius 1 is 0.731 bits per heavy atom. The Labute approximate surface area is 151 Å². The molecule has 0 aliphatic carbocycles. The molecule has 1 heterocycles. The summed E-state index contributed by atoms with van der Waals surface area (Å²) >= 11 is 0. The van der Waals surface area contributed by atoms with Crippen LogP contribution < -0.4 is 5.43 Å². The van der Waals surface area contributed by atoms with Gasteiger partial charge in [-0.25, -0.2) is 5.43 Å². The van der Waals surface area contributed by atoms with Crippen molar-refractivity contribution >= 4 is 12.2 Å². The zero-order valence-corrected chi connectivity index (χ0v) is 14.0. The number of aromatic nitrogens is 1. The Morgan fingerprint density at radius 2 is 1.31 bits per heavy atom. The summed E-state index contributed by atoms with van der Waals surface area (Å²) in [4.78, 5) is 4.60. The van der Waals surface area contributed by atoms with Gasteiger partial charge in [0.2, 0.25) is 0 Å². The average Bonchev–Trinajstić information content (AvgIpc) is 3.14. The van der Waals surface area contributed by atoms with E-state index in [2.05, 4.69) is 15.5 Å². The molecule has 0 saturated carbocycles. The number of nitrogens with one attached hydrogen (secondary N) is 1. The molecule has 0 radical (unpaired) electrons. The molecule has 0 saturated heterocycles. The van der Waals surface area contributed by atoms with E-state index in [4.69, 9.17) is 4.42 Å². The number of oxazole rings is 1. The molecule has 0 aliphatic heterocycles. The van der Waals surface area contributed by atoms with Crippen molar-refractivity contribution in [2.45, 2.75) is 0 Å². The number of hydrazone groups is 1. The molecule has 0 spiro atoms. The van der Waals surface area contributed by atoms with E-state index in [1.54, 1.807) is 6.21 Å². The van der Waals surface area contributed by atoms with Crippen LogP contribution in [0.3, 0.4) is 0 Å². The van der Waals surface area contributed by atoms with Gasteiger partial charge in [0.1, 0.15) is 5.69 Å². The zero-order valence-electron chi connectivity index (χ0n) is 14.0. The van der Waals surface area contributed by atoms with Crippen LogP contribution in [0.1, 0.15) is 5.56 Å². The van der Waals surface area contributed by atoms with Crippen LogP contribution in [-0.4, -0.2) is 11.2 Å². The summed E-state index contributed by atoms with van der Waals surface area (Å²) in [6.07, 6.45) is 1.73. The summed E-state index contributed by atoms with van der Waals surface area (Å²) in [5.74, 6) is 0.717. The van der Waals surface area contributed by atoms with E-state index in [1.165, 1.54) is 0 Å². The summed E-state index contributed by atoms with van der Waals surface area (Å²) < 4.78 is 5.96. The normalized spacial score (nSPS) is 10.9. The maximum absolute atomic E-state index is 5.96. The minimum absolute atomic E-state index is 0.356. The van der Waals surface area contributed by atoms with Crippen LogP contribution >= 0.6 is 0 Å². The van der Waals surface area contributed by atoms with Crippen LogP contribution in [0.5, 0.6) is 0 Å². The van der Waals surface area contributed by atoms with Crippen molar-refractivity contribution in [3.05, 3.63) is 96.6 Å². The van der Waals surface area contributed by atoms with Gasteiger partial charge in [-0.3, -0.25) is 0 Å². The lowest BCUT2D eigenvalue weighted by molar-refractivity contribution is 0.587. The Kier molecular flexibility index (Phi) is 4.56. The molecular formula is C22H17N3O. The van der Waals surface area contributed by atoms with Crippen LogP contribution in [0.4, 0.5) is 6.01 Å². The van der Waals surface area contributed by atoms with Gasteiger partial charge in [0.15, 0.2) is 5.76 Å². The minimum Gasteiger partial charge on any atom is -0.422 e. The summed E-state index contributed by atoms with van der Waals surface area (Å²) in [5.41, 5.74) is 6.64. The Balaban J connectivity index is 1.66. The standard InChI is InChI=1S/C22H17N3O/c1-4-10-17(11-5-1)16-23-25-22-24-20(18-12-6-2-7-13-18)21(26-22)19-14-8-3-9-15-19/h1-16H,(H,24,25)/b23-16+. The van der Waals surface area contributed by atoms with Gasteiger partial charge in [-0.2, -0.15) is 10.1 Å². The topological polar surface area (TPSA) is 50.4 Å². The Hall–Kier alpha value is -3.66. The quantitative estimate of drug-likeness (QED) is 0.388. The molecule has 0 unspecified atom stereocenters. The molecule has 0 aliphatic rings. The van der Waals surface area contributed by atoms with E-state index in [0.717, 1.165) is 22.4 Å². The molecule has 0 atom stereocenters. The van der Waals surface area contributed by atoms with E-state index in [-0.39, 0.29) is 0 Å². The van der Waals surface area contributed by atoms with E-state index >= 15 is 0 Å². The third kappa shape index (κ3) is 3.54. The third-order valence-corrected chi connectivity index (χ3v) is 3.88. The van der Waals surface area contributed by atoms with Crippen molar-refractivity contribution in [1.82, 2.24) is 4.98 Å². The van der Waals surface area contributed by atoms with Gasteiger partial charge in [-0.1, -0.05) is 91.0 Å². The second-order valence-electron chi connectivity index (χ2n) is 5.71. The first-order valence-electron chi connectivity index (χ1n) is 8.36. The van der Waals surface area contributed by atoms with Crippen LogP contribution in [0, 0.1) is 0 Å². The highest BCUT2D eigenvalue weighted by Crippen LogP contribution is 2.34. The summed E-state index contributed by atoms with van der Waals surface area (Å²) in [5, 5.41) is 4.22. The maximum atomic E-state index is 5.96. The van der Waals surface area contributed by atoms with E-state index in [9.17, 15) is 0 Å². The lowest BCUT2D eigenvalue weighted by Crippen LogP contribution is -1.90. The minimum atomic E-state index is 0.356. The molecular weight excluding hydrogens is 322 g/mol. The molecule has 0 amide bonds. The van der Waals surface area contributed by atoms with E-state index in [0.29, 0.717) is 11.8 Å². The highest BCUT2D eigenvalue weighted by molar-refractivity contribution is 5.80. The third-order valence-electron chi connectivity index (χ3n) is 3.88. The molecule has 0 bridgehead atoms. The number of rotatable bonds is 5. The largest absolute Gasteiger partial charge is 0.422 e. The first kappa shape index (κ1) is 15.8. The zero-order chi connectivity index (χ0) is 17.6. The van der Waals surface area contributed by atoms with Crippen molar-refractivity contribution in [2.75, 3.05) is 5.43 Å². The fourth-order valence-electron chi connectivity index (χ4n) is 2.65. The van der Waals surface area contributed by atoms with Gasteiger partial charge in [-0.05, 0) is 5.56 Å². The molecule has 4 nitrogen and oxygen atoms in total. The fourth-order valence-corrected chi connectivity index (χ4v) is 2.65. The van der Waals surface area contributed by atoms with Gasteiger partial charge >= 0.3 is 6.01 Å². The number of hydrogen-bond acceptors (Lipinski definition) is 4. The molecule has 3 aromatic carbocycles. The lowest BCUT2D eigenvalue weighted by Gasteiger charge is -2.00. The number of anilines is 1. The number of benzene rings is 3. The molecule has 126 valence electrons. The smallest absolute Gasteiger partial charge is 0.316 e. The molecule has 0 fully saturated rings. The first-order chi connectivity index (χ1) is 12.9. The predicted molar refractivity (Wildman–Crippen MR) is 105 cm³/mol. The lowest BCUT2D eigenvalue weighted by atomic mass is 10.1. The highest BCUT2D eigenvalue weighted by atomic mass is 16.4. The first-order valence-corrected chi connectivity index (χ1v) is 8.36. The van der Waals surface area contributed by atoms with Crippen molar-refractivity contribution in [2.24, 2.45) is 5.10 Å². The van der Waals surface area contributed by atoms with Gasteiger partial charge in [0.25, 0.3) is 0 Å². The summed E-state index contributed by atoms with van der Waals surface area (Å²) in [6.45, 7) is 0. The highest BCUT2D eigenvalue weighted by Gasteiger charge is 2.16. The Morgan fingerprint density at radius 3 is 1.96 bits per heavy atom. The van der Waals surface area contributed by atoms with Gasteiger partial charge in [-0.15, -0.1) is 0 Å². The average molecular weight is 339 g/mol.